The van der Waals surface area contributed by atoms with Crippen LogP contribution in [0, 0.1) is 11.3 Å². The number of hydrogen-bond donors (Lipinski definition) is 2. The van der Waals surface area contributed by atoms with E-state index in [4.69, 9.17) is 10.00 Å². The second kappa shape index (κ2) is 13.5. The number of nitrogens with two attached hydrogens (primary N) is 1. The summed E-state index contributed by atoms with van der Waals surface area (Å²) >= 11 is 0. The molecule has 3 N–H and O–H groups in total. The van der Waals surface area contributed by atoms with Crippen molar-refractivity contribution in [3.05, 3.63) is 59.7 Å². The third kappa shape index (κ3) is 8.32. The van der Waals surface area contributed by atoms with Crippen LogP contribution in [0.4, 0.5) is 5.69 Å². The minimum Gasteiger partial charge on any atom is -0.486 e. The van der Waals surface area contributed by atoms with E-state index in [0.29, 0.717) is 23.2 Å². The number of carbonyl (C=O) groups is 2. The summed E-state index contributed by atoms with van der Waals surface area (Å²) in [7, 11) is 3.35. The van der Waals surface area contributed by atoms with Crippen LogP contribution in [-0.2, 0) is 4.79 Å². The molecule has 24 heavy (non-hydrogen) atoms. The summed E-state index contributed by atoms with van der Waals surface area (Å²) in [5, 5.41) is 11.4. The average Bonchev–Trinajstić information content (AvgIpc) is 2.68. The van der Waals surface area contributed by atoms with E-state index in [1.807, 2.05) is 19.2 Å². The highest BCUT2D eigenvalue weighted by Crippen LogP contribution is 2.11. The first-order valence-electron chi connectivity index (χ1n) is 7.10. The zero-order chi connectivity index (χ0) is 18.2. The molecule has 0 saturated carbocycles. The van der Waals surface area contributed by atoms with E-state index in [-0.39, 0.29) is 6.61 Å². The van der Waals surface area contributed by atoms with Crippen LogP contribution in [0.3, 0.4) is 0 Å². The van der Waals surface area contributed by atoms with Crippen molar-refractivity contribution in [3.8, 4) is 11.8 Å². The third-order valence-corrected chi connectivity index (χ3v) is 2.61. The van der Waals surface area contributed by atoms with Gasteiger partial charge in [0.15, 0.2) is 6.29 Å². The molecule has 0 unspecified atom stereocenters. The smallest absolute Gasteiger partial charge is 0.157 e. The van der Waals surface area contributed by atoms with Crippen LogP contribution in [0.15, 0.2) is 48.5 Å². The van der Waals surface area contributed by atoms with Crippen LogP contribution >= 0.6 is 0 Å². The van der Waals surface area contributed by atoms with Crippen molar-refractivity contribution in [2.75, 3.05) is 26.0 Å². The summed E-state index contributed by atoms with van der Waals surface area (Å²) in [5.41, 5.74) is 6.76. The van der Waals surface area contributed by atoms with Crippen LogP contribution in [0.1, 0.15) is 15.9 Å². The van der Waals surface area contributed by atoms with Gasteiger partial charge in [-0.2, -0.15) is 5.26 Å². The van der Waals surface area contributed by atoms with Crippen molar-refractivity contribution in [2.24, 2.45) is 5.73 Å². The second-order valence-corrected chi connectivity index (χ2v) is 4.11. The fraction of sp³-hybridized carbons (Fsp3) is 0.167. The molecule has 6 heteroatoms. The van der Waals surface area contributed by atoms with E-state index in [1.54, 1.807) is 36.4 Å². The number of nitrogens with zero attached hydrogens (tertiary/aromatic N) is 1. The van der Waals surface area contributed by atoms with Crippen molar-refractivity contribution in [2.45, 2.75) is 0 Å². The maximum atomic E-state index is 10.3. The van der Waals surface area contributed by atoms with Gasteiger partial charge in [-0.25, -0.2) is 0 Å². The molecule has 0 aromatic heterocycles. The molecule has 0 aliphatic rings. The maximum absolute atomic E-state index is 10.3. The van der Waals surface area contributed by atoms with Gasteiger partial charge in [0.25, 0.3) is 0 Å². The maximum Gasteiger partial charge on any atom is 0.157 e. The summed E-state index contributed by atoms with van der Waals surface area (Å²) in [4.78, 5) is 20.2. The van der Waals surface area contributed by atoms with Crippen LogP contribution in [0.2, 0.25) is 0 Å². The van der Waals surface area contributed by atoms with E-state index < -0.39 is 0 Å². The highest BCUT2D eigenvalue weighted by atomic mass is 16.5. The first-order valence-corrected chi connectivity index (χ1v) is 7.10. The lowest BCUT2D eigenvalue weighted by Crippen LogP contribution is -1.97. The second-order valence-electron chi connectivity index (χ2n) is 4.11. The van der Waals surface area contributed by atoms with E-state index in [2.05, 4.69) is 17.1 Å². The molecule has 2 aromatic carbocycles. The highest BCUT2D eigenvalue weighted by Gasteiger charge is 1.94. The predicted octanol–water partition coefficient (Wildman–Crippen LogP) is 2.25. The van der Waals surface area contributed by atoms with Gasteiger partial charge in [0, 0.05) is 18.3 Å². The van der Waals surface area contributed by atoms with Gasteiger partial charge in [-0.3, -0.25) is 9.59 Å². The molecule has 0 radical (unpaired) electrons. The van der Waals surface area contributed by atoms with Crippen LogP contribution in [-0.4, -0.2) is 33.3 Å². The molecule has 0 fully saturated rings. The highest BCUT2D eigenvalue weighted by molar-refractivity contribution is 5.75. The quantitative estimate of drug-likeness (QED) is 0.816. The van der Waals surface area contributed by atoms with Gasteiger partial charge in [-0.1, -0.05) is 12.1 Å². The van der Waals surface area contributed by atoms with Gasteiger partial charge < -0.3 is 15.8 Å². The van der Waals surface area contributed by atoms with Crippen molar-refractivity contribution < 1.29 is 14.3 Å². The Kier molecular flexibility index (Phi) is 11.7. The number of aldehydes is 2. The van der Waals surface area contributed by atoms with Crippen molar-refractivity contribution in [3.63, 3.8) is 0 Å². The van der Waals surface area contributed by atoms with Crippen LogP contribution in [0.25, 0.3) is 0 Å². The molecule has 0 bridgehead atoms. The number of nitriles is 1. The Morgan fingerprint density at radius 1 is 1.17 bits per heavy atom. The molecule has 0 spiro atoms. The molecule has 0 heterocycles. The molecule has 126 valence electrons. The molecule has 0 saturated heterocycles. The molecule has 2 rings (SSSR count). The summed E-state index contributed by atoms with van der Waals surface area (Å²) in [5.74, 6) is 0.534. The summed E-state index contributed by atoms with van der Waals surface area (Å²) in [6.45, 7) is 0.0162. The Bertz CT molecular complexity index is 649. The van der Waals surface area contributed by atoms with Gasteiger partial charge >= 0.3 is 0 Å². The van der Waals surface area contributed by atoms with E-state index in [0.717, 1.165) is 12.0 Å². The lowest BCUT2D eigenvalue weighted by molar-refractivity contribution is -0.109. The SMILES string of the molecule is CN.CNc1ccc(C#N)cc1.O=CCOc1cccc(C=O)c1. The van der Waals surface area contributed by atoms with Crippen LogP contribution in [0.5, 0.6) is 5.75 Å². The Balaban J connectivity index is 0.000000405. The van der Waals surface area contributed by atoms with Gasteiger partial charge in [0.2, 0.25) is 0 Å². The minimum absolute atomic E-state index is 0.0162. The van der Waals surface area contributed by atoms with Gasteiger partial charge in [-0.05, 0) is 43.4 Å². The van der Waals surface area contributed by atoms with Gasteiger partial charge in [0.1, 0.15) is 18.6 Å². The van der Waals surface area contributed by atoms with Crippen LogP contribution < -0.4 is 15.8 Å². The third-order valence-electron chi connectivity index (χ3n) is 2.61. The van der Waals surface area contributed by atoms with Crippen molar-refractivity contribution >= 4 is 18.3 Å². The average molecular weight is 327 g/mol. The Morgan fingerprint density at radius 2 is 1.83 bits per heavy atom. The van der Waals surface area contributed by atoms with E-state index in [1.165, 1.54) is 7.05 Å². The Morgan fingerprint density at radius 3 is 2.33 bits per heavy atom. The lowest BCUT2D eigenvalue weighted by Gasteiger charge is -2.00. The molecule has 0 amide bonds. The molecule has 0 atom stereocenters. The normalized spacial score (nSPS) is 8.25. The Hall–Kier alpha value is -3.17. The number of rotatable bonds is 5. The standard InChI is InChI=1S/C9H8O3.C8H8N2.CH5N/c10-4-5-12-9-3-1-2-8(6-9)7-11;1-10-8-4-2-7(6-9)3-5-8;1-2/h1-4,6-7H,5H2;2-5,10H,1H3;2H2,1H3. The zero-order valence-electron chi connectivity index (χ0n) is 13.7. The zero-order valence-corrected chi connectivity index (χ0v) is 13.7. The lowest BCUT2D eigenvalue weighted by atomic mass is 10.2. The summed E-state index contributed by atoms with van der Waals surface area (Å²) < 4.78 is 4.97. The first kappa shape index (κ1) is 20.8. The first-order chi connectivity index (χ1) is 11.7. The topological polar surface area (TPSA) is 105 Å². The molecule has 0 aliphatic carbocycles. The molecule has 2 aromatic rings. The van der Waals surface area contributed by atoms with Crippen molar-refractivity contribution in [1.29, 1.82) is 5.26 Å². The largest absolute Gasteiger partial charge is 0.486 e. The molecular formula is C18H21N3O3. The number of carbonyl (C=O) groups excluding carboxylic acids is 2. The Labute approximate surface area is 141 Å². The van der Waals surface area contributed by atoms with Crippen molar-refractivity contribution in [1.82, 2.24) is 0 Å². The molecular weight excluding hydrogens is 306 g/mol. The predicted molar refractivity (Wildman–Crippen MR) is 94.2 cm³/mol. The number of anilines is 1. The van der Waals surface area contributed by atoms with Gasteiger partial charge in [-0.15, -0.1) is 0 Å². The molecule has 6 nitrogen and oxygen atoms in total. The number of ether oxygens (including phenoxy) is 1. The summed E-state index contributed by atoms with van der Waals surface area (Å²) in [6, 6.07) is 16.0. The van der Waals surface area contributed by atoms with E-state index >= 15 is 0 Å². The number of hydrogen-bond acceptors (Lipinski definition) is 6. The van der Waals surface area contributed by atoms with Gasteiger partial charge in [0.05, 0.1) is 11.6 Å². The monoisotopic (exact) mass is 327 g/mol. The number of nitrogens with one attached hydrogen (secondary N) is 1. The minimum atomic E-state index is 0.0162. The summed E-state index contributed by atoms with van der Waals surface area (Å²) in [6.07, 6.45) is 1.39. The van der Waals surface area contributed by atoms with E-state index in [9.17, 15) is 9.59 Å². The fourth-order valence-electron chi connectivity index (χ4n) is 1.52. The number of benzene rings is 2. The fourth-order valence-corrected chi connectivity index (χ4v) is 1.52. The molecule has 0 aliphatic heterocycles.